The van der Waals surface area contributed by atoms with Gasteiger partial charge in [-0.15, -0.1) is 6.42 Å². The highest BCUT2D eigenvalue weighted by molar-refractivity contribution is 14.1. The molecule has 0 bridgehead atoms. The van der Waals surface area contributed by atoms with E-state index in [2.05, 4.69) is 21.2 Å². The van der Waals surface area contributed by atoms with Crippen molar-refractivity contribution in [2.75, 3.05) is 5.32 Å². The van der Waals surface area contributed by atoms with Crippen molar-refractivity contribution in [2.24, 2.45) is 0 Å². The number of rotatable bonds is 2. The van der Waals surface area contributed by atoms with Crippen LogP contribution in [-0.2, 0) is 0 Å². The smallest absolute Gasteiger partial charge is 0.266 e. The molecule has 0 aromatic carbocycles. The number of hydrogen-bond acceptors (Lipinski definition) is 3. The van der Waals surface area contributed by atoms with Gasteiger partial charge in [-0.1, -0.05) is 5.92 Å². The number of aromatic amines is 1. The molecule has 0 unspecified atom stereocenters. The third-order valence-electron chi connectivity index (χ3n) is 1.59. The molecule has 0 aliphatic heterocycles. The molecule has 1 aromatic heterocycles. The van der Waals surface area contributed by atoms with Gasteiger partial charge in [-0.3, -0.25) is 4.79 Å². The van der Waals surface area contributed by atoms with Crippen molar-refractivity contribution >= 4 is 28.4 Å². The first-order chi connectivity index (χ1) is 6.46. The Hall–Kier alpha value is -1.03. The number of terminal acetylenes is 1. The molecule has 5 heteroatoms. The van der Waals surface area contributed by atoms with Gasteiger partial charge in [0, 0.05) is 0 Å². The zero-order valence-corrected chi connectivity index (χ0v) is 10.0. The van der Waals surface area contributed by atoms with E-state index in [1.807, 2.05) is 36.4 Å². The van der Waals surface area contributed by atoms with Gasteiger partial charge >= 0.3 is 0 Å². The summed E-state index contributed by atoms with van der Waals surface area (Å²) in [5, 5.41) is 3.00. The molecule has 1 rings (SSSR count). The third-order valence-corrected chi connectivity index (χ3v) is 2.59. The molecule has 1 heterocycles. The Kier molecular flexibility index (Phi) is 3.16. The summed E-state index contributed by atoms with van der Waals surface area (Å²) in [6, 6.07) is 0. The van der Waals surface area contributed by atoms with Crippen molar-refractivity contribution in [1.82, 2.24) is 9.97 Å². The summed E-state index contributed by atoms with van der Waals surface area (Å²) in [7, 11) is 0. The highest BCUT2D eigenvalue weighted by atomic mass is 127. The summed E-state index contributed by atoms with van der Waals surface area (Å²) in [6.45, 7) is 3.68. The number of aromatic nitrogens is 2. The Labute approximate surface area is 95.7 Å². The van der Waals surface area contributed by atoms with E-state index >= 15 is 0 Å². The van der Waals surface area contributed by atoms with Crippen molar-refractivity contribution in [3.8, 4) is 12.3 Å². The summed E-state index contributed by atoms with van der Waals surface area (Å²) in [6.07, 6.45) is 6.66. The Bertz CT molecular complexity index is 430. The number of nitrogens with zero attached hydrogens (tertiary/aromatic N) is 1. The van der Waals surface area contributed by atoms with Crippen LogP contribution in [0, 0.1) is 15.9 Å². The molecule has 0 aliphatic carbocycles. The maximum Gasteiger partial charge on any atom is 0.266 e. The fraction of sp³-hybridized carbons (Fsp3) is 0.333. The van der Waals surface area contributed by atoms with Gasteiger partial charge in [-0.05, 0) is 36.4 Å². The van der Waals surface area contributed by atoms with Crippen LogP contribution in [0.2, 0.25) is 0 Å². The topological polar surface area (TPSA) is 57.8 Å². The highest BCUT2D eigenvalue weighted by Gasteiger charge is 2.16. The van der Waals surface area contributed by atoms with Crippen molar-refractivity contribution < 1.29 is 0 Å². The summed E-state index contributed by atoms with van der Waals surface area (Å²) < 4.78 is 0.508. The Balaban J connectivity index is 3.06. The molecule has 4 nitrogen and oxygen atoms in total. The molecule has 0 spiro atoms. The molecule has 0 aliphatic rings. The zero-order chi connectivity index (χ0) is 10.8. The van der Waals surface area contributed by atoms with E-state index in [0.717, 1.165) is 0 Å². The van der Waals surface area contributed by atoms with Crippen molar-refractivity contribution in [3.63, 3.8) is 0 Å². The van der Waals surface area contributed by atoms with Crippen LogP contribution in [0.5, 0.6) is 0 Å². The van der Waals surface area contributed by atoms with E-state index in [-0.39, 0.29) is 5.56 Å². The zero-order valence-electron chi connectivity index (χ0n) is 7.89. The van der Waals surface area contributed by atoms with Crippen LogP contribution in [-0.4, -0.2) is 15.5 Å². The molecule has 0 amide bonds. The van der Waals surface area contributed by atoms with Gasteiger partial charge in [0.05, 0.1) is 11.9 Å². The van der Waals surface area contributed by atoms with Gasteiger partial charge in [0.15, 0.2) is 0 Å². The van der Waals surface area contributed by atoms with E-state index < -0.39 is 5.54 Å². The lowest BCUT2D eigenvalue weighted by molar-refractivity contribution is 0.733. The van der Waals surface area contributed by atoms with E-state index in [1.54, 1.807) is 0 Å². The second-order valence-electron chi connectivity index (χ2n) is 3.29. The lowest BCUT2D eigenvalue weighted by Crippen LogP contribution is -2.30. The number of hydrogen-bond donors (Lipinski definition) is 2. The molecule has 2 N–H and O–H groups in total. The second-order valence-corrected chi connectivity index (χ2v) is 4.37. The van der Waals surface area contributed by atoms with E-state index in [9.17, 15) is 4.79 Å². The predicted molar refractivity (Wildman–Crippen MR) is 64.1 cm³/mol. The van der Waals surface area contributed by atoms with Crippen LogP contribution in [0.25, 0.3) is 0 Å². The fourth-order valence-corrected chi connectivity index (χ4v) is 1.23. The minimum Gasteiger partial charge on any atom is -0.353 e. The Morgan fingerprint density at radius 1 is 1.71 bits per heavy atom. The number of nitrogens with one attached hydrogen (secondary N) is 2. The van der Waals surface area contributed by atoms with Crippen molar-refractivity contribution in [3.05, 3.63) is 20.3 Å². The Morgan fingerprint density at radius 2 is 2.36 bits per heavy atom. The normalized spacial score (nSPS) is 10.7. The number of H-pyrrole nitrogens is 1. The minimum atomic E-state index is -0.513. The summed E-state index contributed by atoms with van der Waals surface area (Å²) in [5.41, 5.74) is -0.684. The van der Waals surface area contributed by atoms with Crippen LogP contribution in [0.1, 0.15) is 13.8 Å². The SMILES string of the molecule is C#CC(C)(C)Nc1nc[nH]c(=O)c1I. The van der Waals surface area contributed by atoms with Crippen LogP contribution >= 0.6 is 22.6 Å². The molecule has 0 saturated heterocycles. The summed E-state index contributed by atoms with van der Waals surface area (Å²) in [5.74, 6) is 3.08. The molecule has 0 radical (unpaired) electrons. The van der Waals surface area contributed by atoms with Gasteiger partial charge in [0.25, 0.3) is 5.56 Å². The lowest BCUT2D eigenvalue weighted by atomic mass is 10.1. The number of anilines is 1. The predicted octanol–water partition coefficient (Wildman–Crippen LogP) is 1.20. The lowest BCUT2D eigenvalue weighted by Gasteiger charge is -2.20. The van der Waals surface area contributed by atoms with E-state index in [1.165, 1.54) is 6.33 Å². The molecule has 74 valence electrons. The van der Waals surface area contributed by atoms with Crippen LogP contribution < -0.4 is 10.9 Å². The molecule has 0 atom stereocenters. The van der Waals surface area contributed by atoms with E-state index in [0.29, 0.717) is 9.39 Å². The van der Waals surface area contributed by atoms with Crippen LogP contribution in [0.15, 0.2) is 11.1 Å². The molecule has 1 aromatic rings. The van der Waals surface area contributed by atoms with Crippen molar-refractivity contribution in [1.29, 1.82) is 0 Å². The van der Waals surface area contributed by atoms with Gasteiger partial charge in [-0.25, -0.2) is 4.98 Å². The minimum absolute atomic E-state index is 0.170. The van der Waals surface area contributed by atoms with Crippen LogP contribution in [0.4, 0.5) is 5.82 Å². The monoisotopic (exact) mass is 303 g/mol. The van der Waals surface area contributed by atoms with Crippen molar-refractivity contribution in [2.45, 2.75) is 19.4 Å². The third kappa shape index (κ3) is 2.48. The second kappa shape index (κ2) is 4.00. The summed E-state index contributed by atoms with van der Waals surface area (Å²) in [4.78, 5) is 17.7. The van der Waals surface area contributed by atoms with Gasteiger partial charge in [-0.2, -0.15) is 0 Å². The van der Waals surface area contributed by atoms with Gasteiger partial charge in [0.1, 0.15) is 9.39 Å². The Morgan fingerprint density at radius 3 is 2.93 bits per heavy atom. The molecule has 0 fully saturated rings. The first-order valence-corrected chi connectivity index (χ1v) is 5.03. The number of halogens is 1. The first-order valence-electron chi connectivity index (χ1n) is 3.95. The average Bonchev–Trinajstić information content (AvgIpc) is 2.13. The average molecular weight is 303 g/mol. The van der Waals surface area contributed by atoms with Crippen LogP contribution in [0.3, 0.4) is 0 Å². The molecular weight excluding hydrogens is 293 g/mol. The maximum atomic E-state index is 11.2. The quantitative estimate of drug-likeness (QED) is 0.637. The molecule has 0 saturated carbocycles. The summed E-state index contributed by atoms with van der Waals surface area (Å²) >= 11 is 1.92. The highest BCUT2D eigenvalue weighted by Crippen LogP contribution is 2.14. The largest absolute Gasteiger partial charge is 0.353 e. The van der Waals surface area contributed by atoms with Gasteiger partial charge < -0.3 is 10.3 Å². The molecular formula is C9H10IN3O. The fourth-order valence-electron chi connectivity index (χ4n) is 0.802. The van der Waals surface area contributed by atoms with E-state index in [4.69, 9.17) is 6.42 Å². The standard InChI is InChI=1S/C9H10IN3O/c1-4-9(2,3)13-7-6(10)8(14)12-5-11-7/h1,5H,2-3H3,(H2,11,12,13,14). The maximum absolute atomic E-state index is 11.2. The first kappa shape index (κ1) is 11.0. The molecule has 14 heavy (non-hydrogen) atoms. The van der Waals surface area contributed by atoms with Gasteiger partial charge in [0.2, 0.25) is 0 Å².